The van der Waals surface area contributed by atoms with Gasteiger partial charge < -0.3 is 15.5 Å². The van der Waals surface area contributed by atoms with Gasteiger partial charge in [0.2, 0.25) is 5.91 Å². The molecular weight excluding hydrogens is 436 g/mol. The first-order chi connectivity index (χ1) is 16.0. The number of aryl methyl sites for hydroxylation is 2. The summed E-state index contributed by atoms with van der Waals surface area (Å²) in [6.45, 7) is 1.84. The van der Waals surface area contributed by atoms with Gasteiger partial charge in [-0.3, -0.25) is 14.4 Å². The number of fused-ring (bicyclic) bond motifs is 1. The van der Waals surface area contributed by atoms with Gasteiger partial charge in [-0.25, -0.2) is 0 Å². The minimum atomic E-state index is -0.474. The van der Waals surface area contributed by atoms with Gasteiger partial charge in [-0.15, -0.1) is 0 Å². The summed E-state index contributed by atoms with van der Waals surface area (Å²) >= 11 is 1.38. The van der Waals surface area contributed by atoms with E-state index in [0.717, 1.165) is 49.6 Å². The number of nitrogens with one attached hydrogen (secondary N) is 2. The molecule has 170 valence electrons. The average molecular weight is 463 g/mol. The van der Waals surface area contributed by atoms with Crippen LogP contribution in [0.25, 0.3) is 0 Å². The van der Waals surface area contributed by atoms with Crippen molar-refractivity contribution in [2.24, 2.45) is 4.99 Å². The van der Waals surface area contributed by atoms with Gasteiger partial charge in [0.15, 0.2) is 5.17 Å². The molecule has 2 N–H and O–H groups in total. The molecule has 1 fully saturated rings. The standard InChI is InChI=1S/C25H26N4O3S/c30-22(15-21-24(32)28-25(33-21)29-12-1-2-13-29)26-19-9-7-17(8-10-19)23(31)27-20-11-6-16-4-3-5-18(16)14-20/h6-11,14,21H,1-5,12-13,15H2,(H,26,30)(H,27,31)/t21-/m1/s1. The maximum Gasteiger partial charge on any atom is 0.262 e. The molecule has 2 aliphatic heterocycles. The van der Waals surface area contributed by atoms with Crippen LogP contribution < -0.4 is 10.6 Å². The van der Waals surface area contributed by atoms with Crippen LogP contribution in [0.1, 0.15) is 47.2 Å². The molecule has 8 heteroatoms. The molecule has 2 heterocycles. The lowest BCUT2D eigenvalue weighted by Crippen LogP contribution is -2.25. The fourth-order valence-corrected chi connectivity index (χ4v) is 5.61. The maximum absolute atomic E-state index is 12.6. The van der Waals surface area contributed by atoms with Crippen LogP contribution in [0.5, 0.6) is 0 Å². The van der Waals surface area contributed by atoms with Crippen LogP contribution in [0.2, 0.25) is 0 Å². The molecule has 5 rings (SSSR count). The molecular formula is C25H26N4O3S. The first kappa shape index (κ1) is 21.7. The van der Waals surface area contributed by atoms with Gasteiger partial charge in [0.05, 0.1) is 0 Å². The predicted molar refractivity (Wildman–Crippen MR) is 131 cm³/mol. The maximum atomic E-state index is 12.6. The molecule has 0 spiro atoms. The van der Waals surface area contributed by atoms with E-state index in [9.17, 15) is 14.4 Å². The van der Waals surface area contributed by atoms with Crippen LogP contribution in [-0.4, -0.2) is 46.1 Å². The highest BCUT2D eigenvalue weighted by Crippen LogP contribution is 2.29. The number of carbonyl (C=O) groups is 3. The van der Waals surface area contributed by atoms with Gasteiger partial charge in [-0.05, 0) is 79.6 Å². The van der Waals surface area contributed by atoms with Crippen LogP contribution in [-0.2, 0) is 22.4 Å². The molecule has 1 saturated heterocycles. The Bertz CT molecular complexity index is 1120. The number of thioether (sulfide) groups is 1. The third-order valence-corrected chi connectivity index (χ3v) is 7.48. The van der Waals surface area contributed by atoms with Crippen LogP contribution in [0.15, 0.2) is 47.5 Å². The molecule has 3 amide bonds. The number of amides is 3. The summed E-state index contributed by atoms with van der Waals surface area (Å²) in [4.78, 5) is 43.5. The van der Waals surface area contributed by atoms with Gasteiger partial charge in [-0.1, -0.05) is 17.8 Å². The van der Waals surface area contributed by atoms with Crippen molar-refractivity contribution < 1.29 is 14.4 Å². The number of anilines is 2. The Morgan fingerprint density at radius 3 is 2.45 bits per heavy atom. The summed E-state index contributed by atoms with van der Waals surface area (Å²) in [7, 11) is 0. The van der Waals surface area contributed by atoms with E-state index in [2.05, 4.69) is 32.7 Å². The molecule has 0 bridgehead atoms. The van der Waals surface area contributed by atoms with E-state index in [0.29, 0.717) is 11.3 Å². The van der Waals surface area contributed by atoms with Crippen molar-refractivity contribution >= 4 is 46.0 Å². The summed E-state index contributed by atoms with van der Waals surface area (Å²) in [6.07, 6.45) is 5.63. The average Bonchev–Trinajstić information content (AvgIpc) is 3.55. The number of hydrogen-bond acceptors (Lipinski definition) is 5. The van der Waals surface area contributed by atoms with Crippen LogP contribution in [0, 0.1) is 0 Å². The molecule has 0 saturated carbocycles. The second kappa shape index (κ2) is 9.39. The Balaban J connectivity index is 1.13. The van der Waals surface area contributed by atoms with Gasteiger partial charge in [0.25, 0.3) is 11.8 Å². The molecule has 0 unspecified atom stereocenters. The molecule has 7 nitrogen and oxygen atoms in total. The zero-order valence-corrected chi connectivity index (χ0v) is 19.1. The van der Waals surface area contributed by atoms with Crippen molar-refractivity contribution in [2.75, 3.05) is 23.7 Å². The Hall–Kier alpha value is -3.13. The summed E-state index contributed by atoms with van der Waals surface area (Å²) < 4.78 is 0. The summed E-state index contributed by atoms with van der Waals surface area (Å²) in [5.74, 6) is -0.671. The third kappa shape index (κ3) is 4.95. The van der Waals surface area contributed by atoms with Crippen molar-refractivity contribution in [3.05, 3.63) is 59.2 Å². The lowest BCUT2D eigenvalue weighted by Gasteiger charge is -2.16. The minimum absolute atomic E-state index is 0.0743. The number of aliphatic imine (C=N–C) groups is 1. The van der Waals surface area contributed by atoms with Crippen molar-refractivity contribution in [3.63, 3.8) is 0 Å². The number of amidine groups is 1. The number of carbonyl (C=O) groups excluding carboxylic acids is 3. The predicted octanol–water partition coefficient (Wildman–Crippen LogP) is 3.85. The normalized spacial score (nSPS) is 19.4. The van der Waals surface area contributed by atoms with E-state index in [-0.39, 0.29) is 24.1 Å². The molecule has 33 heavy (non-hydrogen) atoms. The Labute approximate surface area is 197 Å². The SMILES string of the molecule is O=C(C[C@H]1SC(N2CCCC2)=NC1=O)Nc1ccc(C(=O)Nc2ccc3c(c2)CCC3)cc1. The third-order valence-electron chi connectivity index (χ3n) is 6.26. The highest BCUT2D eigenvalue weighted by molar-refractivity contribution is 8.15. The summed E-state index contributed by atoms with van der Waals surface area (Å²) in [6, 6.07) is 12.8. The minimum Gasteiger partial charge on any atom is -0.351 e. The molecule has 0 aromatic heterocycles. The molecule has 0 radical (unpaired) electrons. The van der Waals surface area contributed by atoms with E-state index in [4.69, 9.17) is 0 Å². The van der Waals surface area contributed by atoms with Gasteiger partial charge in [-0.2, -0.15) is 4.99 Å². The molecule has 3 aliphatic rings. The van der Waals surface area contributed by atoms with E-state index < -0.39 is 5.25 Å². The highest BCUT2D eigenvalue weighted by Gasteiger charge is 2.33. The second-order valence-electron chi connectivity index (χ2n) is 8.65. The number of hydrogen-bond donors (Lipinski definition) is 2. The lowest BCUT2D eigenvalue weighted by molar-refractivity contribution is -0.121. The van der Waals surface area contributed by atoms with Gasteiger partial charge >= 0.3 is 0 Å². The quantitative estimate of drug-likeness (QED) is 0.704. The Kier molecular flexibility index (Phi) is 6.17. The zero-order chi connectivity index (χ0) is 22.8. The largest absolute Gasteiger partial charge is 0.351 e. The van der Waals surface area contributed by atoms with Gasteiger partial charge in [0, 0.05) is 36.4 Å². The first-order valence-electron chi connectivity index (χ1n) is 11.4. The summed E-state index contributed by atoms with van der Waals surface area (Å²) in [5, 5.41) is 6.03. The number of likely N-dealkylation sites (tertiary alicyclic amines) is 1. The Morgan fingerprint density at radius 1 is 0.939 bits per heavy atom. The molecule has 2 aromatic carbocycles. The topological polar surface area (TPSA) is 90.9 Å². The van der Waals surface area contributed by atoms with Crippen LogP contribution >= 0.6 is 11.8 Å². The van der Waals surface area contributed by atoms with E-state index in [1.165, 1.54) is 29.3 Å². The van der Waals surface area contributed by atoms with Crippen LogP contribution in [0.3, 0.4) is 0 Å². The second-order valence-corrected chi connectivity index (χ2v) is 9.82. The van der Waals surface area contributed by atoms with Gasteiger partial charge in [0.1, 0.15) is 5.25 Å². The monoisotopic (exact) mass is 462 g/mol. The van der Waals surface area contributed by atoms with E-state index in [1.54, 1.807) is 24.3 Å². The number of benzene rings is 2. The van der Waals surface area contributed by atoms with E-state index in [1.807, 2.05) is 6.07 Å². The lowest BCUT2D eigenvalue weighted by atomic mass is 10.1. The highest BCUT2D eigenvalue weighted by atomic mass is 32.2. The number of rotatable bonds is 5. The fraction of sp³-hybridized carbons (Fsp3) is 0.360. The Morgan fingerprint density at radius 2 is 1.67 bits per heavy atom. The smallest absolute Gasteiger partial charge is 0.262 e. The van der Waals surface area contributed by atoms with E-state index >= 15 is 0 Å². The summed E-state index contributed by atoms with van der Waals surface area (Å²) in [5.41, 5.74) is 4.57. The fourth-order valence-electron chi connectivity index (χ4n) is 4.49. The van der Waals surface area contributed by atoms with Crippen molar-refractivity contribution in [1.29, 1.82) is 0 Å². The van der Waals surface area contributed by atoms with Crippen molar-refractivity contribution in [2.45, 2.75) is 43.8 Å². The molecule has 1 aliphatic carbocycles. The van der Waals surface area contributed by atoms with Crippen molar-refractivity contribution in [3.8, 4) is 0 Å². The molecule has 2 aromatic rings. The number of nitrogens with zero attached hydrogens (tertiary/aromatic N) is 2. The van der Waals surface area contributed by atoms with Crippen LogP contribution in [0.4, 0.5) is 11.4 Å². The zero-order valence-electron chi connectivity index (χ0n) is 18.3. The molecule has 1 atom stereocenters. The first-order valence-corrected chi connectivity index (χ1v) is 12.3. The van der Waals surface area contributed by atoms with Crippen molar-refractivity contribution in [1.82, 2.24) is 4.90 Å².